The fourth-order valence-corrected chi connectivity index (χ4v) is 2.50. The second kappa shape index (κ2) is 6.97. The summed E-state index contributed by atoms with van der Waals surface area (Å²) in [5, 5.41) is 3.22. The first-order chi connectivity index (χ1) is 8.02. The molecule has 1 rings (SSSR count). The van der Waals surface area contributed by atoms with Crippen LogP contribution in [0.2, 0.25) is 0 Å². The second-order valence-corrected chi connectivity index (χ2v) is 5.41. The van der Waals surface area contributed by atoms with Gasteiger partial charge in [0.1, 0.15) is 0 Å². The summed E-state index contributed by atoms with van der Waals surface area (Å²) in [5.74, 6) is 0.253. The van der Waals surface area contributed by atoms with Crippen molar-refractivity contribution in [3.8, 4) is 0 Å². The topological polar surface area (TPSA) is 35.6 Å². The number of hydrogen-bond donors (Lipinski definition) is 1. The number of amides is 1. The maximum Gasteiger partial charge on any atom is 0.237 e. The van der Waals surface area contributed by atoms with Gasteiger partial charge in [0.2, 0.25) is 5.91 Å². The summed E-state index contributed by atoms with van der Waals surface area (Å²) >= 11 is 0. The van der Waals surface area contributed by atoms with Crippen molar-refractivity contribution in [2.24, 2.45) is 0 Å². The van der Waals surface area contributed by atoms with Crippen molar-refractivity contribution in [1.82, 2.24) is 15.1 Å². The average Bonchev–Trinajstić information content (AvgIpc) is 2.24. The van der Waals surface area contributed by atoms with Gasteiger partial charge in [0.15, 0.2) is 0 Å². The first kappa shape index (κ1) is 14.5. The van der Waals surface area contributed by atoms with Crippen molar-refractivity contribution in [2.45, 2.75) is 45.2 Å². The number of nitrogens with one attached hydrogen (secondary N) is 1. The first-order valence-corrected chi connectivity index (χ1v) is 6.69. The van der Waals surface area contributed by atoms with Crippen LogP contribution in [-0.4, -0.2) is 61.5 Å². The first-order valence-electron chi connectivity index (χ1n) is 6.69. The molecule has 4 nitrogen and oxygen atoms in total. The zero-order valence-electron chi connectivity index (χ0n) is 11.7. The van der Waals surface area contributed by atoms with Gasteiger partial charge in [0, 0.05) is 25.2 Å². The van der Waals surface area contributed by atoms with E-state index in [1.807, 2.05) is 14.1 Å². The predicted molar refractivity (Wildman–Crippen MR) is 71.0 cm³/mol. The van der Waals surface area contributed by atoms with Crippen LogP contribution in [0.5, 0.6) is 0 Å². The van der Waals surface area contributed by atoms with Crippen LogP contribution >= 0.6 is 0 Å². The number of likely N-dealkylation sites (N-methyl/N-ethyl adjacent to an activating group) is 1. The molecule has 1 aliphatic rings. The summed E-state index contributed by atoms with van der Waals surface area (Å²) in [4.78, 5) is 16.3. The predicted octanol–water partition coefficient (Wildman–Crippen LogP) is 0.927. The largest absolute Gasteiger partial charge is 0.336 e. The number of nitrogens with zero attached hydrogens (tertiary/aromatic N) is 2. The molecule has 0 aromatic rings. The molecule has 1 fully saturated rings. The van der Waals surface area contributed by atoms with E-state index >= 15 is 0 Å². The van der Waals surface area contributed by atoms with Gasteiger partial charge in [-0.2, -0.15) is 0 Å². The summed E-state index contributed by atoms with van der Waals surface area (Å²) in [6.45, 7) is 6.64. The number of carbonyl (C=O) groups excluding carboxylic acids is 1. The summed E-state index contributed by atoms with van der Waals surface area (Å²) < 4.78 is 0. The molecule has 0 aromatic heterocycles. The van der Waals surface area contributed by atoms with Crippen molar-refractivity contribution in [3.63, 3.8) is 0 Å². The maximum atomic E-state index is 12.1. The SMILES string of the molecule is C[C@@H]1CCC[C@H](C)N1C(=O)CNCCN(C)C. The molecule has 1 amide bonds. The molecule has 0 aromatic carbocycles. The molecular weight excluding hydrogens is 214 g/mol. The van der Waals surface area contributed by atoms with Crippen LogP contribution in [0.4, 0.5) is 0 Å². The maximum absolute atomic E-state index is 12.1. The van der Waals surface area contributed by atoms with E-state index in [-0.39, 0.29) is 5.91 Å². The average molecular weight is 241 g/mol. The minimum Gasteiger partial charge on any atom is -0.336 e. The standard InChI is InChI=1S/C13H27N3O/c1-11-6-5-7-12(2)16(11)13(17)10-14-8-9-15(3)4/h11-12,14H,5-10H2,1-4H3/t11-,12+. The lowest BCUT2D eigenvalue weighted by Gasteiger charge is -2.39. The molecule has 0 bridgehead atoms. The summed E-state index contributed by atoms with van der Waals surface area (Å²) in [7, 11) is 4.08. The fraction of sp³-hybridized carbons (Fsp3) is 0.923. The van der Waals surface area contributed by atoms with Gasteiger partial charge in [-0.15, -0.1) is 0 Å². The second-order valence-electron chi connectivity index (χ2n) is 5.41. The zero-order valence-corrected chi connectivity index (χ0v) is 11.7. The van der Waals surface area contributed by atoms with Crippen LogP contribution < -0.4 is 5.32 Å². The van der Waals surface area contributed by atoms with E-state index < -0.39 is 0 Å². The van der Waals surface area contributed by atoms with Crippen molar-refractivity contribution in [2.75, 3.05) is 33.7 Å². The molecule has 0 radical (unpaired) electrons. The third-order valence-electron chi connectivity index (χ3n) is 3.49. The van der Waals surface area contributed by atoms with Gasteiger partial charge in [-0.05, 0) is 47.2 Å². The minimum atomic E-state index is 0.253. The molecule has 2 atom stereocenters. The van der Waals surface area contributed by atoms with E-state index in [1.165, 1.54) is 6.42 Å². The van der Waals surface area contributed by atoms with Gasteiger partial charge in [-0.3, -0.25) is 4.79 Å². The Morgan fingerprint density at radius 1 is 1.29 bits per heavy atom. The highest BCUT2D eigenvalue weighted by Crippen LogP contribution is 2.22. The van der Waals surface area contributed by atoms with Crippen molar-refractivity contribution in [1.29, 1.82) is 0 Å². The number of carbonyl (C=O) groups is 1. The zero-order chi connectivity index (χ0) is 12.8. The van der Waals surface area contributed by atoms with Gasteiger partial charge < -0.3 is 15.1 Å². The summed E-state index contributed by atoms with van der Waals surface area (Å²) in [5.41, 5.74) is 0. The molecule has 4 heteroatoms. The Labute approximate surface area is 105 Å². The van der Waals surface area contributed by atoms with Gasteiger partial charge in [-0.25, -0.2) is 0 Å². The molecule has 1 heterocycles. The lowest BCUT2D eigenvalue weighted by atomic mass is 9.97. The monoisotopic (exact) mass is 241 g/mol. The fourth-order valence-electron chi connectivity index (χ4n) is 2.50. The third kappa shape index (κ3) is 4.64. The molecule has 0 unspecified atom stereocenters. The third-order valence-corrected chi connectivity index (χ3v) is 3.49. The van der Waals surface area contributed by atoms with Gasteiger partial charge in [-0.1, -0.05) is 0 Å². The highest BCUT2D eigenvalue weighted by atomic mass is 16.2. The molecule has 1 saturated heterocycles. The Morgan fingerprint density at radius 3 is 2.41 bits per heavy atom. The highest BCUT2D eigenvalue weighted by Gasteiger charge is 2.28. The van der Waals surface area contributed by atoms with Crippen LogP contribution in [0.15, 0.2) is 0 Å². The van der Waals surface area contributed by atoms with E-state index in [9.17, 15) is 4.79 Å². The van der Waals surface area contributed by atoms with E-state index in [0.29, 0.717) is 18.6 Å². The van der Waals surface area contributed by atoms with Crippen LogP contribution in [0.1, 0.15) is 33.1 Å². The summed E-state index contributed by atoms with van der Waals surface area (Å²) in [6.07, 6.45) is 3.54. The van der Waals surface area contributed by atoms with Crippen molar-refractivity contribution >= 4 is 5.91 Å². The van der Waals surface area contributed by atoms with Crippen molar-refractivity contribution in [3.05, 3.63) is 0 Å². The lowest BCUT2D eigenvalue weighted by molar-refractivity contribution is -0.136. The Morgan fingerprint density at radius 2 is 1.88 bits per heavy atom. The molecular formula is C13H27N3O. The normalized spacial score (nSPS) is 25.4. The number of likely N-dealkylation sites (tertiary alicyclic amines) is 1. The molecule has 17 heavy (non-hydrogen) atoms. The molecule has 1 aliphatic heterocycles. The quantitative estimate of drug-likeness (QED) is 0.727. The van der Waals surface area contributed by atoms with Gasteiger partial charge in [0.25, 0.3) is 0 Å². The van der Waals surface area contributed by atoms with E-state index in [2.05, 4.69) is 29.0 Å². The van der Waals surface area contributed by atoms with Crippen molar-refractivity contribution < 1.29 is 4.79 Å². The number of hydrogen-bond acceptors (Lipinski definition) is 3. The van der Waals surface area contributed by atoms with E-state index in [1.54, 1.807) is 0 Å². The molecule has 1 N–H and O–H groups in total. The number of rotatable bonds is 5. The molecule has 0 saturated carbocycles. The Bertz CT molecular complexity index is 233. The lowest BCUT2D eigenvalue weighted by Crippen LogP contribution is -2.50. The van der Waals surface area contributed by atoms with Crippen LogP contribution in [0.3, 0.4) is 0 Å². The van der Waals surface area contributed by atoms with E-state index in [4.69, 9.17) is 0 Å². The van der Waals surface area contributed by atoms with Gasteiger partial charge >= 0.3 is 0 Å². The Hall–Kier alpha value is -0.610. The highest BCUT2D eigenvalue weighted by molar-refractivity contribution is 5.79. The van der Waals surface area contributed by atoms with Crippen LogP contribution in [0.25, 0.3) is 0 Å². The number of piperidine rings is 1. The summed E-state index contributed by atoms with van der Waals surface area (Å²) in [6, 6.07) is 0.809. The molecule has 0 aliphatic carbocycles. The Balaban J connectivity index is 2.30. The van der Waals surface area contributed by atoms with Crippen LogP contribution in [-0.2, 0) is 4.79 Å². The minimum absolute atomic E-state index is 0.253. The smallest absolute Gasteiger partial charge is 0.237 e. The van der Waals surface area contributed by atoms with Gasteiger partial charge in [0.05, 0.1) is 6.54 Å². The van der Waals surface area contributed by atoms with E-state index in [0.717, 1.165) is 25.9 Å². The Kier molecular flexibility index (Phi) is 5.92. The van der Waals surface area contributed by atoms with Crippen LogP contribution in [0, 0.1) is 0 Å². The molecule has 0 spiro atoms. The molecule has 100 valence electrons.